The van der Waals surface area contributed by atoms with Crippen molar-refractivity contribution in [1.29, 1.82) is 0 Å². The lowest BCUT2D eigenvalue weighted by Gasteiger charge is -2.32. The second-order valence-electron chi connectivity index (χ2n) is 4.34. The number of hydrogen-bond donors (Lipinski definition) is 0. The van der Waals surface area contributed by atoms with Gasteiger partial charge in [0.05, 0.1) is 7.11 Å². The summed E-state index contributed by atoms with van der Waals surface area (Å²) in [7, 11) is 1.60. The first-order valence-electron chi connectivity index (χ1n) is 6.02. The molecule has 0 unspecified atom stereocenters. The summed E-state index contributed by atoms with van der Waals surface area (Å²) in [5, 5.41) is 8.16. The number of ether oxygens (including phenoxy) is 1. The summed E-state index contributed by atoms with van der Waals surface area (Å²) in [6, 6.07) is 3.82. The van der Waals surface area contributed by atoms with Crippen LogP contribution in [-0.4, -0.2) is 36.3 Å². The van der Waals surface area contributed by atoms with Gasteiger partial charge in [-0.15, -0.1) is 21.8 Å². The maximum atomic E-state index is 5.77. The van der Waals surface area contributed by atoms with Crippen LogP contribution in [0.4, 0.5) is 5.82 Å². The van der Waals surface area contributed by atoms with Gasteiger partial charge in [0.15, 0.2) is 5.82 Å². The van der Waals surface area contributed by atoms with Gasteiger partial charge in [-0.25, -0.2) is 0 Å². The Morgan fingerprint density at radius 1 is 1.35 bits per heavy atom. The number of hydrogen-bond acceptors (Lipinski definition) is 4. The Kier molecular flexibility index (Phi) is 4.42. The van der Waals surface area contributed by atoms with E-state index in [-0.39, 0.29) is 0 Å². The molecule has 0 spiro atoms. The van der Waals surface area contributed by atoms with Crippen molar-refractivity contribution >= 4 is 17.4 Å². The summed E-state index contributed by atoms with van der Waals surface area (Å²) in [6.45, 7) is 2.09. The number of aromatic nitrogens is 2. The van der Waals surface area contributed by atoms with Gasteiger partial charge in [-0.05, 0) is 31.2 Å². The van der Waals surface area contributed by atoms with Gasteiger partial charge in [0.25, 0.3) is 0 Å². The van der Waals surface area contributed by atoms with E-state index < -0.39 is 0 Å². The number of methoxy groups -OCH3 is 1. The van der Waals surface area contributed by atoms with Crippen LogP contribution in [0.3, 0.4) is 0 Å². The summed E-state index contributed by atoms with van der Waals surface area (Å²) >= 11 is 5.77. The van der Waals surface area contributed by atoms with Gasteiger partial charge >= 0.3 is 0 Å². The zero-order valence-electron chi connectivity index (χ0n) is 10.1. The maximum absolute atomic E-state index is 5.77. The van der Waals surface area contributed by atoms with Crippen molar-refractivity contribution in [2.45, 2.75) is 19.3 Å². The predicted octanol–water partition coefficient (Wildman–Crippen LogP) is 2.33. The molecule has 0 aromatic carbocycles. The number of alkyl halides is 1. The summed E-state index contributed by atoms with van der Waals surface area (Å²) < 4.78 is 5.00. The molecule has 17 heavy (non-hydrogen) atoms. The van der Waals surface area contributed by atoms with E-state index in [4.69, 9.17) is 16.3 Å². The van der Waals surface area contributed by atoms with Crippen molar-refractivity contribution in [3.05, 3.63) is 12.1 Å². The molecule has 2 rings (SSSR count). The molecule has 0 aliphatic carbocycles. The Hall–Kier alpha value is -1.03. The van der Waals surface area contributed by atoms with Gasteiger partial charge in [0.2, 0.25) is 5.88 Å². The van der Waals surface area contributed by atoms with E-state index in [9.17, 15) is 0 Å². The predicted molar refractivity (Wildman–Crippen MR) is 68.9 cm³/mol. The summed E-state index contributed by atoms with van der Waals surface area (Å²) in [4.78, 5) is 2.27. The fourth-order valence-corrected chi connectivity index (χ4v) is 2.50. The Bertz CT molecular complexity index is 336. The molecule has 1 fully saturated rings. The third-order valence-electron chi connectivity index (χ3n) is 3.29. The Balaban J connectivity index is 1.91. The largest absolute Gasteiger partial charge is 0.480 e. The van der Waals surface area contributed by atoms with Crippen LogP contribution in [0.15, 0.2) is 12.1 Å². The number of anilines is 1. The fourth-order valence-electron chi connectivity index (χ4n) is 2.20. The molecule has 1 aliphatic rings. The summed E-state index contributed by atoms with van der Waals surface area (Å²) in [5.41, 5.74) is 0. The molecular weight excluding hydrogens is 238 g/mol. The zero-order chi connectivity index (χ0) is 12.1. The number of halogens is 1. The normalized spacial score (nSPS) is 17.2. The summed E-state index contributed by atoms with van der Waals surface area (Å²) in [6.07, 6.45) is 3.52. The van der Waals surface area contributed by atoms with Crippen LogP contribution in [-0.2, 0) is 0 Å². The van der Waals surface area contributed by atoms with Crippen molar-refractivity contribution < 1.29 is 4.74 Å². The molecule has 0 N–H and O–H groups in total. The minimum atomic E-state index is 0.561. The average molecular weight is 256 g/mol. The van der Waals surface area contributed by atoms with E-state index in [1.165, 1.54) is 12.8 Å². The SMILES string of the molecule is COc1ccc(N2CCC(CCCl)CC2)nn1. The standard InChI is InChI=1S/C12H18ClN3O/c1-17-12-3-2-11(14-15-12)16-8-5-10(4-7-13)6-9-16/h2-3,10H,4-9H2,1H3. The minimum absolute atomic E-state index is 0.561. The topological polar surface area (TPSA) is 38.2 Å². The van der Waals surface area contributed by atoms with Crippen molar-refractivity contribution in [2.75, 3.05) is 31.0 Å². The average Bonchev–Trinajstić information content (AvgIpc) is 2.40. The number of rotatable bonds is 4. The monoisotopic (exact) mass is 255 g/mol. The van der Waals surface area contributed by atoms with Crippen LogP contribution in [0.25, 0.3) is 0 Å². The van der Waals surface area contributed by atoms with E-state index in [1.807, 2.05) is 12.1 Å². The molecule has 0 atom stereocenters. The van der Waals surface area contributed by atoms with Crippen LogP contribution >= 0.6 is 11.6 Å². The Morgan fingerprint density at radius 3 is 2.65 bits per heavy atom. The second-order valence-corrected chi connectivity index (χ2v) is 4.72. The maximum Gasteiger partial charge on any atom is 0.233 e. The van der Waals surface area contributed by atoms with E-state index in [2.05, 4.69) is 15.1 Å². The summed E-state index contributed by atoms with van der Waals surface area (Å²) in [5.74, 6) is 3.04. The van der Waals surface area contributed by atoms with Crippen LogP contribution in [0, 0.1) is 5.92 Å². The molecule has 5 heteroatoms. The Labute approximate surface area is 107 Å². The van der Waals surface area contributed by atoms with Gasteiger partial charge in [0.1, 0.15) is 0 Å². The first-order chi connectivity index (χ1) is 8.33. The molecule has 0 saturated carbocycles. The van der Waals surface area contributed by atoms with Crippen LogP contribution in [0.5, 0.6) is 5.88 Å². The lowest BCUT2D eigenvalue weighted by molar-refractivity contribution is 0.386. The minimum Gasteiger partial charge on any atom is -0.480 e. The van der Waals surface area contributed by atoms with Gasteiger partial charge in [-0.3, -0.25) is 0 Å². The van der Waals surface area contributed by atoms with Crippen molar-refractivity contribution in [3.8, 4) is 5.88 Å². The quantitative estimate of drug-likeness (QED) is 0.774. The second kappa shape index (κ2) is 6.05. The molecule has 0 amide bonds. The molecule has 1 saturated heterocycles. The molecule has 0 radical (unpaired) electrons. The molecule has 1 aliphatic heterocycles. The van der Waals surface area contributed by atoms with Gasteiger partial charge in [-0.1, -0.05) is 0 Å². The highest BCUT2D eigenvalue weighted by Gasteiger charge is 2.19. The molecular formula is C12H18ClN3O. The number of nitrogens with zero attached hydrogens (tertiary/aromatic N) is 3. The van der Waals surface area contributed by atoms with E-state index >= 15 is 0 Å². The highest BCUT2D eigenvalue weighted by Crippen LogP contribution is 2.24. The molecule has 0 bridgehead atoms. The van der Waals surface area contributed by atoms with Crippen LogP contribution in [0.2, 0.25) is 0 Å². The first-order valence-corrected chi connectivity index (χ1v) is 6.55. The molecule has 4 nitrogen and oxygen atoms in total. The van der Waals surface area contributed by atoms with Gasteiger partial charge in [-0.2, -0.15) is 0 Å². The molecule has 1 aromatic rings. The molecule has 94 valence electrons. The third kappa shape index (κ3) is 3.22. The third-order valence-corrected chi connectivity index (χ3v) is 3.51. The molecule has 1 aromatic heterocycles. The fraction of sp³-hybridized carbons (Fsp3) is 0.667. The van der Waals surface area contributed by atoms with Crippen molar-refractivity contribution in [1.82, 2.24) is 10.2 Å². The lowest BCUT2D eigenvalue weighted by atomic mass is 9.94. The van der Waals surface area contributed by atoms with Crippen molar-refractivity contribution in [2.24, 2.45) is 5.92 Å². The van der Waals surface area contributed by atoms with Gasteiger partial charge < -0.3 is 9.64 Å². The Morgan fingerprint density at radius 2 is 2.12 bits per heavy atom. The van der Waals surface area contributed by atoms with E-state index in [0.29, 0.717) is 5.88 Å². The van der Waals surface area contributed by atoms with E-state index in [0.717, 1.165) is 37.1 Å². The van der Waals surface area contributed by atoms with Crippen LogP contribution < -0.4 is 9.64 Å². The first kappa shape index (κ1) is 12.4. The van der Waals surface area contributed by atoms with Crippen LogP contribution in [0.1, 0.15) is 19.3 Å². The lowest BCUT2D eigenvalue weighted by Crippen LogP contribution is -2.34. The van der Waals surface area contributed by atoms with Crippen molar-refractivity contribution in [3.63, 3.8) is 0 Å². The highest BCUT2D eigenvalue weighted by molar-refractivity contribution is 6.17. The van der Waals surface area contributed by atoms with E-state index in [1.54, 1.807) is 7.11 Å². The number of piperidine rings is 1. The smallest absolute Gasteiger partial charge is 0.233 e. The van der Waals surface area contributed by atoms with Gasteiger partial charge in [0, 0.05) is 25.0 Å². The zero-order valence-corrected chi connectivity index (χ0v) is 10.9. The highest BCUT2D eigenvalue weighted by atomic mass is 35.5. The molecule has 2 heterocycles.